The number of carbonyl (C=O) groups excluding carboxylic acids is 1. The predicted octanol–water partition coefficient (Wildman–Crippen LogP) is 1.31. The Kier molecular flexibility index (Phi) is 5.01. The van der Waals surface area contributed by atoms with E-state index in [4.69, 9.17) is 4.74 Å². The first-order chi connectivity index (χ1) is 10.0. The maximum atomic E-state index is 12.2. The van der Waals surface area contributed by atoms with Crippen LogP contribution < -0.4 is 10.9 Å². The van der Waals surface area contributed by atoms with Crippen LogP contribution in [0.3, 0.4) is 0 Å². The van der Waals surface area contributed by atoms with Crippen LogP contribution >= 0.6 is 0 Å². The third-order valence-electron chi connectivity index (χ3n) is 3.70. The van der Waals surface area contributed by atoms with E-state index in [0.717, 1.165) is 24.1 Å². The van der Waals surface area contributed by atoms with Crippen molar-refractivity contribution in [2.24, 2.45) is 0 Å². The lowest BCUT2D eigenvalue weighted by Crippen LogP contribution is -2.43. The average Bonchev–Trinajstić information content (AvgIpc) is 3.22. The van der Waals surface area contributed by atoms with Crippen LogP contribution in [0.15, 0.2) is 10.9 Å². The number of nitrogens with zero attached hydrogens (tertiary/aromatic N) is 1. The summed E-state index contributed by atoms with van der Waals surface area (Å²) in [5.41, 5.74) is 2.19. The minimum Gasteiger partial charge on any atom is -0.383 e. The number of aryl methyl sites for hydroxylation is 2. The first kappa shape index (κ1) is 15.6. The summed E-state index contributed by atoms with van der Waals surface area (Å²) in [4.78, 5) is 28.7. The molecule has 1 aromatic heterocycles. The van der Waals surface area contributed by atoms with E-state index in [1.165, 1.54) is 0 Å². The second-order valence-corrected chi connectivity index (χ2v) is 5.52. The van der Waals surface area contributed by atoms with Crippen LogP contribution in [0.1, 0.15) is 29.7 Å². The van der Waals surface area contributed by atoms with E-state index in [1.807, 2.05) is 19.9 Å². The van der Waals surface area contributed by atoms with E-state index in [1.54, 1.807) is 12.0 Å². The monoisotopic (exact) mass is 293 g/mol. The van der Waals surface area contributed by atoms with E-state index in [0.29, 0.717) is 24.8 Å². The molecule has 2 N–H and O–H groups in total. The number of ether oxygens (including phenoxy) is 1. The standard InChI is InChI=1S/C15H23N3O3/c1-10-8-11(2)17-14(19)13(10)9-16-15(20)18(6-7-21-3)12-4-5-12/h8,12H,4-7,9H2,1-3H3,(H,16,20)(H,17,19). The molecule has 0 unspecified atom stereocenters. The summed E-state index contributed by atoms with van der Waals surface area (Å²) in [6.45, 7) is 5.07. The first-order valence-corrected chi connectivity index (χ1v) is 7.25. The van der Waals surface area contributed by atoms with Crippen LogP contribution in [0.2, 0.25) is 0 Å². The third kappa shape index (κ3) is 4.07. The molecule has 1 saturated carbocycles. The zero-order valence-electron chi connectivity index (χ0n) is 12.9. The molecule has 0 atom stereocenters. The molecule has 2 rings (SSSR count). The Balaban J connectivity index is 1.98. The summed E-state index contributed by atoms with van der Waals surface area (Å²) in [7, 11) is 1.62. The van der Waals surface area contributed by atoms with Gasteiger partial charge in [0.25, 0.3) is 5.56 Å². The van der Waals surface area contributed by atoms with Crippen LogP contribution in [-0.2, 0) is 11.3 Å². The van der Waals surface area contributed by atoms with Crippen molar-refractivity contribution in [1.82, 2.24) is 15.2 Å². The fraction of sp³-hybridized carbons (Fsp3) is 0.600. The van der Waals surface area contributed by atoms with Gasteiger partial charge < -0.3 is 19.9 Å². The number of nitrogens with one attached hydrogen (secondary N) is 2. The second kappa shape index (κ2) is 6.76. The van der Waals surface area contributed by atoms with Gasteiger partial charge in [0.1, 0.15) is 0 Å². The molecule has 6 heteroatoms. The molecule has 1 heterocycles. The Labute approximate surface area is 124 Å². The Bertz CT molecular complexity index is 564. The minimum atomic E-state index is -0.136. The van der Waals surface area contributed by atoms with E-state index in [2.05, 4.69) is 10.3 Å². The van der Waals surface area contributed by atoms with Crippen LogP contribution in [0.5, 0.6) is 0 Å². The van der Waals surface area contributed by atoms with Crippen LogP contribution in [0.25, 0.3) is 0 Å². The fourth-order valence-corrected chi connectivity index (χ4v) is 2.39. The van der Waals surface area contributed by atoms with Gasteiger partial charge in [-0.2, -0.15) is 0 Å². The minimum absolute atomic E-state index is 0.131. The lowest BCUT2D eigenvalue weighted by Gasteiger charge is -2.22. The molecule has 0 saturated heterocycles. The molecule has 0 spiro atoms. The molecule has 0 aromatic carbocycles. The maximum absolute atomic E-state index is 12.2. The number of carbonyl (C=O) groups is 1. The first-order valence-electron chi connectivity index (χ1n) is 7.25. The summed E-state index contributed by atoms with van der Waals surface area (Å²) < 4.78 is 5.04. The Hall–Kier alpha value is -1.82. The van der Waals surface area contributed by atoms with Crippen molar-refractivity contribution in [2.75, 3.05) is 20.3 Å². The Morgan fingerprint density at radius 3 is 2.76 bits per heavy atom. The Morgan fingerprint density at radius 1 is 1.48 bits per heavy atom. The van der Waals surface area contributed by atoms with Gasteiger partial charge in [-0.1, -0.05) is 0 Å². The van der Waals surface area contributed by atoms with Gasteiger partial charge in [-0.15, -0.1) is 0 Å². The summed E-state index contributed by atoms with van der Waals surface area (Å²) in [5, 5.41) is 2.84. The second-order valence-electron chi connectivity index (χ2n) is 5.52. The van der Waals surface area contributed by atoms with E-state index >= 15 is 0 Å². The number of pyridine rings is 1. The topological polar surface area (TPSA) is 74.4 Å². The van der Waals surface area contributed by atoms with Gasteiger partial charge in [-0.05, 0) is 38.3 Å². The Morgan fingerprint density at radius 2 is 2.19 bits per heavy atom. The normalized spacial score (nSPS) is 14.0. The highest BCUT2D eigenvalue weighted by Crippen LogP contribution is 2.26. The molecule has 6 nitrogen and oxygen atoms in total. The number of rotatable bonds is 6. The van der Waals surface area contributed by atoms with Crippen molar-refractivity contribution in [2.45, 2.75) is 39.3 Å². The van der Waals surface area contributed by atoms with Crippen molar-refractivity contribution in [3.05, 3.63) is 33.2 Å². The van der Waals surface area contributed by atoms with Crippen LogP contribution in [-0.4, -0.2) is 42.2 Å². The molecule has 1 aromatic rings. The highest BCUT2D eigenvalue weighted by atomic mass is 16.5. The van der Waals surface area contributed by atoms with Gasteiger partial charge >= 0.3 is 6.03 Å². The molecule has 2 amide bonds. The average molecular weight is 293 g/mol. The van der Waals surface area contributed by atoms with Crippen LogP contribution in [0, 0.1) is 13.8 Å². The number of H-pyrrole nitrogens is 1. The smallest absolute Gasteiger partial charge is 0.317 e. The maximum Gasteiger partial charge on any atom is 0.317 e. The van der Waals surface area contributed by atoms with Gasteiger partial charge in [0, 0.05) is 31.0 Å². The van der Waals surface area contributed by atoms with Crippen molar-refractivity contribution in [3.8, 4) is 0 Å². The lowest BCUT2D eigenvalue weighted by atomic mass is 10.1. The van der Waals surface area contributed by atoms with Crippen molar-refractivity contribution < 1.29 is 9.53 Å². The summed E-state index contributed by atoms with van der Waals surface area (Å²) in [6.07, 6.45) is 2.09. The SMILES string of the molecule is COCCN(C(=O)NCc1c(C)cc(C)[nH]c1=O)C1CC1. The van der Waals surface area contributed by atoms with E-state index in [-0.39, 0.29) is 18.1 Å². The molecule has 0 aliphatic heterocycles. The molecule has 1 aliphatic rings. The molecule has 0 radical (unpaired) electrons. The highest BCUT2D eigenvalue weighted by Gasteiger charge is 2.32. The molecule has 21 heavy (non-hydrogen) atoms. The summed E-state index contributed by atoms with van der Waals surface area (Å²) in [6, 6.07) is 2.10. The molecule has 116 valence electrons. The summed E-state index contributed by atoms with van der Waals surface area (Å²) >= 11 is 0. The van der Waals surface area contributed by atoms with Gasteiger partial charge in [-0.3, -0.25) is 4.79 Å². The molecular formula is C15H23N3O3. The molecule has 0 bridgehead atoms. The largest absolute Gasteiger partial charge is 0.383 e. The molecule has 1 fully saturated rings. The predicted molar refractivity (Wildman–Crippen MR) is 80.4 cm³/mol. The summed E-state index contributed by atoms with van der Waals surface area (Å²) in [5.74, 6) is 0. The number of hydrogen-bond donors (Lipinski definition) is 2. The number of aromatic nitrogens is 1. The number of hydrogen-bond acceptors (Lipinski definition) is 3. The van der Waals surface area contributed by atoms with Crippen molar-refractivity contribution >= 4 is 6.03 Å². The van der Waals surface area contributed by atoms with Gasteiger partial charge in [-0.25, -0.2) is 4.79 Å². The van der Waals surface area contributed by atoms with Gasteiger partial charge in [0.15, 0.2) is 0 Å². The quantitative estimate of drug-likeness (QED) is 0.830. The third-order valence-corrected chi connectivity index (χ3v) is 3.70. The highest BCUT2D eigenvalue weighted by molar-refractivity contribution is 5.75. The number of amides is 2. The lowest BCUT2D eigenvalue weighted by molar-refractivity contribution is 0.146. The van der Waals surface area contributed by atoms with E-state index in [9.17, 15) is 9.59 Å². The van der Waals surface area contributed by atoms with Gasteiger partial charge in [0.2, 0.25) is 0 Å². The molecule has 1 aliphatic carbocycles. The van der Waals surface area contributed by atoms with Crippen LogP contribution in [0.4, 0.5) is 4.79 Å². The fourth-order valence-electron chi connectivity index (χ4n) is 2.39. The molecular weight excluding hydrogens is 270 g/mol. The van der Waals surface area contributed by atoms with E-state index < -0.39 is 0 Å². The van der Waals surface area contributed by atoms with Crippen molar-refractivity contribution in [3.63, 3.8) is 0 Å². The number of methoxy groups -OCH3 is 1. The zero-order chi connectivity index (χ0) is 15.4. The zero-order valence-corrected chi connectivity index (χ0v) is 12.9. The van der Waals surface area contributed by atoms with Gasteiger partial charge in [0.05, 0.1) is 13.2 Å². The van der Waals surface area contributed by atoms with Crippen molar-refractivity contribution in [1.29, 1.82) is 0 Å². The number of aromatic amines is 1. The number of urea groups is 1.